The predicted octanol–water partition coefficient (Wildman–Crippen LogP) is 5.38. The Morgan fingerprint density at radius 1 is 0.977 bits per heavy atom. The lowest BCUT2D eigenvalue weighted by molar-refractivity contribution is -0.111. The number of ether oxygens (including phenoxy) is 2. The highest BCUT2D eigenvalue weighted by Gasteiger charge is 2.17. The van der Waals surface area contributed by atoms with Gasteiger partial charge in [0.05, 0.1) is 37.0 Å². The number of anilines is 3. The van der Waals surface area contributed by atoms with Crippen LogP contribution in [0.4, 0.5) is 17.1 Å². The number of aryl methyl sites for hydroxylation is 1. The molecule has 3 rings (SSSR count). The Bertz CT molecular complexity index is 1630. The Kier molecular flexibility index (Phi) is 11.5. The number of benzene rings is 2. The van der Waals surface area contributed by atoms with Crippen molar-refractivity contribution in [3.05, 3.63) is 93.7 Å². The number of carbonyl (C=O) groups excluding carboxylic acids is 1. The molecule has 0 aliphatic rings. The van der Waals surface area contributed by atoms with E-state index >= 15 is 0 Å². The number of carbonyl (C=O) groups is 1. The number of aliphatic imine (C=N–C) groups is 1. The molecule has 2 N–H and O–H groups in total. The number of amides is 1. The van der Waals surface area contributed by atoms with Crippen LogP contribution in [0.25, 0.3) is 5.69 Å². The van der Waals surface area contributed by atoms with Gasteiger partial charge in [-0.05, 0) is 77.2 Å². The van der Waals surface area contributed by atoms with Gasteiger partial charge in [0.2, 0.25) is 5.91 Å². The Morgan fingerprint density at radius 3 is 2.27 bits per heavy atom. The molecule has 10 heteroatoms. The number of aromatic nitrogens is 1. The molecular weight excluding hydrogens is 556 g/mol. The summed E-state index contributed by atoms with van der Waals surface area (Å²) in [5, 5.41) is 6.32. The number of rotatable bonds is 13. The maximum Gasteiger partial charge on any atom is 0.255 e. The van der Waals surface area contributed by atoms with Gasteiger partial charge in [0.25, 0.3) is 5.56 Å². The fraction of sp³-hybridized carbons (Fsp3) is 0.324. The van der Waals surface area contributed by atoms with Crippen molar-refractivity contribution in [2.45, 2.75) is 27.7 Å². The summed E-state index contributed by atoms with van der Waals surface area (Å²) in [6.07, 6.45) is 2.99. The van der Waals surface area contributed by atoms with Crippen LogP contribution in [0.2, 0.25) is 0 Å². The highest BCUT2D eigenvalue weighted by molar-refractivity contribution is 6.02. The molecule has 1 heterocycles. The Balaban J connectivity index is 2.07. The predicted molar refractivity (Wildman–Crippen MR) is 181 cm³/mol. The van der Waals surface area contributed by atoms with Crippen LogP contribution in [0, 0.1) is 13.8 Å². The van der Waals surface area contributed by atoms with Crippen molar-refractivity contribution in [3.8, 4) is 17.2 Å². The molecular formula is C34H44N6O4. The Labute approximate surface area is 260 Å². The molecule has 1 aromatic heterocycles. The minimum atomic E-state index is -0.319. The number of nitrogens with one attached hydrogen (secondary N) is 2. The molecule has 1 amide bonds. The normalized spacial score (nSPS) is 11.0. The van der Waals surface area contributed by atoms with Gasteiger partial charge in [0, 0.05) is 49.7 Å². The number of hydrogen-bond acceptors (Lipinski definition) is 8. The minimum Gasteiger partial charge on any atom is -0.495 e. The van der Waals surface area contributed by atoms with Gasteiger partial charge in [-0.1, -0.05) is 18.7 Å². The molecule has 0 atom stereocenters. The number of para-hydroxylation sites is 2. The molecule has 0 bridgehead atoms. The minimum absolute atomic E-state index is 0.156. The molecule has 44 heavy (non-hydrogen) atoms. The van der Waals surface area contributed by atoms with Gasteiger partial charge < -0.3 is 29.9 Å². The van der Waals surface area contributed by atoms with E-state index in [4.69, 9.17) is 14.5 Å². The summed E-state index contributed by atoms with van der Waals surface area (Å²) in [4.78, 5) is 34.5. The van der Waals surface area contributed by atoms with E-state index in [1.807, 2.05) is 85.2 Å². The van der Waals surface area contributed by atoms with Crippen molar-refractivity contribution in [2.24, 2.45) is 4.99 Å². The van der Waals surface area contributed by atoms with Crippen molar-refractivity contribution in [1.29, 1.82) is 0 Å². The molecule has 0 radical (unpaired) electrons. The maximum absolute atomic E-state index is 13.1. The summed E-state index contributed by atoms with van der Waals surface area (Å²) in [7, 11) is 9.18. The molecule has 2 aromatic carbocycles. The molecule has 234 valence electrons. The lowest BCUT2D eigenvalue weighted by atomic mass is 10.1. The highest BCUT2D eigenvalue weighted by atomic mass is 16.5. The molecule has 0 fully saturated rings. The van der Waals surface area contributed by atoms with Crippen molar-refractivity contribution in [1.82, 2.24) is 9.47 Å². The van der Waals surface area contributed by atoms with Crippen molar-refractivity contribution in [3.63, 3.8) is 0 Å². The van der Waals surface area contributed by atoms with E-state index in [2.05, 4.69) is 27.0 Å². The van der Waals surface area contributed by atoms with Gasteiger partial charge in [-0.3, -0.25) is 14.2 Å². The summed E-state index contributed by atoms with van der Waals surface area (Å²) in [5.74, 6) is 1.45. The lowest BCUT2D eigenvalue weighted by Crippen LogP contribution is -2.29. The van der Waals surface area contributed by atoms with Crippen molar-refractivity contribution in [2.75, 3.05) is 64.0 Å². The van der Waals surface area contributed by atoms with Crippen LogP contribution in [0.3, 0.4) is 0 Å². The van der Waals surface area contributed by atoms with Crippen LogP contribution in [-0.2, 0) is 4.79 Å². The first-order valence-electron chi connectivity index (χ1n) is 14.3. The third-order valence-corrected chi connectivity index (χ3v) is 7.14. The third kappa shape index (κ3) is 7.96. The molecule has 0 unspecified atom stereocenters. The van der Waals surface area contributed by atoms with Crippen LogP contribution < -0.4 is 30.6 Å². The largest absolute Gasteiger partial charge is 0.495 e. The Hall–Kier alpha value is -4.83. The quantitative estimate of drug-likeness (QED) is 0.201. The molecule has 0 saturated heterocycles. The smallest absolute Gasteiger partial charge is 0.255 e. The summed E-state index contributed by atoms with van der Waals surface area (Å²) in [6, 6.07) is 12.7. The van der Waals surface area contributed by atoms with E-state index < -0.39 is 0 Å². The molecule has 10 nitrogen and oxygen atoms in total. The maximum atomic E-state index is 13.1. The molecule has 0 saturated carbocycles. The van der Waals surface area contributed by atoms with Crippen LogP contribution in [-0.4, -0.2) is 70.0 Å². The number of methoxy groups -OCH3 is 2. The van der Waals surface area contributed by atoms with E-state index in [1.54, 1.807) is 31.1 Å². The van der Waals surface area contributed by atoms with Crippen molar-refractivity contribution < 1.29 is 14.3 Å². The molecule has 3 aromatic rings. The first kappa shape index (κ1) is 33.7. The summed E-state index contributed by atoms with van der Waals surface area (Å²) in [5.41, 5.74) is 5.78. The number of pyridine rings is 1. The fourth-order valence-electron chi connectivity index (χ4n) is 4.66. The number of likely N-dealkylation sites (N-methyl/N-ethyl adjacent to an activating group) is 2. The standard InChI is InChI=1S/C34H44N6O4/c1-11-32(41)36-26-19-27(31(44-10)20-29(26)39(8)17-16-38(6)7)37-34(22(2)3)35-21-25-23(4)18-33(42)40(24(25)5)28-14-12-13-15-30(28)43-9/h11-15,18-21,37H,1,16-17H2,2-10H3,(H,36,41)/b35-21-. The van der Waals surface area contributed by atoms with Crippen LogP contribution in [0.1, 0.15) is 30.7 Å². The Morgan fingerprint density at radius 2 is 1.66 bits per heavy atom. The van der Waals surface area contributed by atoms with Crippen LogP contribution in [0.5, 0.6) is 11.5 Å². The SMILES string of the molecule is C=CC(=O)Nc1cc(NC(/N=C\c2c(C)cc(=O)n(-c3ccccc3OC)c2C)=C(C)C)c(OC)cc1N(C)CCN(C)C. The first-order chi connectivity index (χ1) is 20.9. The van der Waals surface area contributed by atoms with E-state index in [1.165, 1.54) is 6.08 Å². The average Bonchev–Trinajstić information content (AvgIpc) is 2.98. The second kappa shape index (κ2) is 15.1. The van der Waals surface area contributed by atoms with E-state index in [-0.39, 0.29) is 11.5 Å². The van der Waals surface area contributed by atoms with Gasteiger partial charge in [0.15, 0.2) is 0 Å². The van der Waals surface area contributed by atoms with E-state index in [9.17, 15) is 9.59 Å². The van der Waals surface area contributed by atoms with Crippen LogP contribution in [0.15, 0.2) is 76.3 Å². The van der Waals surface area contributed by atoms with Gasteiger partial charge in [0.1, 0.15) is 17.3 Å². The average molecular weight is 601 g/mol. The second-order valence-corrected chi connectivity index (χ2v) is 10.9. The summed E-state index contributed by atoms with van der Waals surface area (Å²) >= 11 is 0. The zero-order chi connectivity index (χ0) is 32.6. The molecule has 0 aliphatic carbocycles. The summed E-state index contributed by atoms with van der Waals surface area (Å²) in [6.45, 7) is 12.8. The van der Waals surface area contributed by atoms with E-state index in [0.717, 1.165) is 41.2 Å². The summed E-state index contributed by atoms with van der Waals surface area (Å²) < 4.78 is 12.9. The zero-order valence-electron chi connectivity index (χ0n) is 27.2. The topological polar surface area (TPSA) is 100 Å². The number of allylic oxidation sites excluding steroid dienone is 1. The van der Waals surface area contributed by atoms with Gasteiger partial charge in [-0.15, -0.1) is 0 Å². The fourth-order valence-corrected chi connectivity index (χ4v) is 4.66. The van der Waals surface area contributed by atoms with Crippen LogP contribution >= 0.6 is 0 Å². The third-order valence-electron chi connectivity index (χ3n) is 7.14. The second-order valence-electron chi connectivity index (χ2n) is 10.9. The number of hydrogen-bond donors (Lipinski definition) is 2. The van der Waals surface area contributed by atoms with Gasteiger partial charge in [-0.2, -0.15) is 0 Å². The van der Waals surface area contributed by atoms with Crippen molar-refractivity contribution >= 4 is 29.2 Å². The monoisotopic (exact) mass is 600 g/mol. The van der Waals surface area contributed by atoms with E-state index in [0.29, 0.717) is 34.4 Å². The highest BCUT2D eigenvalue weighted by Crippen LogP contribution is 2.38. The number of nitrogens with zero attached hydrogens (tertiary/aromatic N) is 4. The molecule has 0 aliphatic heterocycles. The molecule has 0 spiro atoms. The van der Waals surface area contributed by atoms with Gasteiger partial charge in [-0.25, -0.2) is 4.99 Å². The van der Waals surface area contributed by atoms with Gasteiger partial charge >= 0.3 is 0 Å². The zero-order valence-corrected chi connectivity index (χ0v) is 27.2. The lowest BCUT2D eigenvalue weighted by Gasteiger charge is -2.26. The first-order valence-corrected chi connectivity index (χ1v) is 14.3.